The second-order valence-electron chi connectivity index (χ2n) is 13.1. The molecule has 10 heteroatoms. The van der Waals surface area contributed by atoms with Crippen LogP contribution in [-0.4, -0.2) is 54.6 Å². The van der Waals surface area contributed by atoms with Crippen LogP contribution in [0, 0.1) is 46.3 Å². The van der Waals surface area contributed by atoms with Crippen LogP contribution in [0.5, 0.6) is 0 Å². The lowest BCUT2D eigenvalue weighted by atomic mass is 9.43. The molecule has 0 aromatic rings. The predicted octanol–water partition coefficient (Wildman–Crippen LogP) is 4.53. The molecule has 8 nitrogen and oxygen atoms in total. The van der Waals surface area contributed by atoms with Crippen molar-refractivity contribution >= 4 is 26.2 Å². The Morgan fingerprint density at radius 3 is 2.14 bits per heavy atom. The van der Waals surface area contributed by atoms with Crippen molar-refractivity contribution in [2.24, 2.45) is 46.3 Å². The number of ether oxygens (including phenoxy) is 1. The average Bonchev–Trinajstić information content (AvgIpc) is 3.13. The van der Waals surface area contributed by atoms with Crippen molar-refractivity contribution in [3.05, 3.63) is 0 Å². The number of hydrogen-bond acceptors (Lipinski definition) is 8. The van der Waals surface area contributed by atoms with Crippen molar-refractivity contribution in [3.63, 3.8) is 0 Å². The van der Waals surface area contributed by atoms with Gasteiger partial charge in [0.2, 0.25) is 0 Å². The first-order valence-electron chi connectivity index (χ1n) is 13.9. The Kier molecular flexibility index (Phi) is 8.20. The molecule has 4 aliphatic rings. The highest BCUT2D eigenvalue weighted by molar-refractivity contribution is 7.86. The van der Waals surface area contributed by atoms with Crippen LogP contribution in [-0.2, 0) is 38.1 Å². The van der Waals surface area contributed by atoms with Gasteiger partial charge in [0.25, 0.3) is 20.2 Å². The van der Waals surface area contributed by atoms with Crippen LogP contribution in [0.3, 0.4) is 0 Å². The summed E-state index contributed by atoms with van der Waals surface area (Å²) in [7, 11) is -5.77. The summed E-state index contributed by atoms with van der Waals surface area (Å²) in [4.78, 5) is 11.8. The van der Waals surface area contributed by atoms with Crippen molar-refractivity contribution in [1.29, 1.82) is 0 Å². The van der Waals surface area contributed by atoms with E-state index in [0.29, 0.717) is 49.4 Å². The molecule has 0 radical (unpaired) electrons. The molecular formula is C27H46O8S2. The quantitative estimate of drug-likeness (QED) is 0.313. The van der Waals surface area contributed by atoms with E-state index in [-0.39, 0.29) is 34.7 Å². The van der Waals surface area contributed by atoms with Crippen molar-refractivity contribution in [2.45, 2.75) is 97.2 Å². The fraction of sp³-hybridized carbons (Fsp3) is 0.963. The lowest BCUT2D eigenvalue weighted by Gasteiger charge is -2.63. The lowest BCUT2D eigenvalue weighted by molar-refractivity contribution is -0.165. The third-order valence-electron chi connectivity index (χ3n) is 11.0. The molecule has 0 unspecified atom stereocenters. The Bertz CT molecular complexity index is 1070. The highest BCUT2D eigenvalue weighted by Gasteiger charge is 2.63. The molecule has 214 valence electrons. The molecule has 0 aromatic carbocycles. The van der Waals surface area contributed by atoms with E-state index in [9.17, 15) is 21.6 Å². The zero-order valence-electron chi connectivity index (χ0n) is 23.3. The Morgan fingerprint density at radius 2 is 1.51 bits per heavy atom. The second kappa shape index (κ2) is 10.4. The van der Waals surface area contributed by atoms with Gasteiger partial charge >= 0.3 is 5.97 Å². The van der Waals surface area contributed by atoms with Gasteiger partial charge in [-0.2, -0.15) is 16.8 Å². The molecule has 4 rings (SSSR count). The normalized spacial score (nSPS) is 42.8. The number of carbonyl (C=O) groups excluding carboxylic acids is 1. The Morgan fingerprint density at radius 1 is 0.892 bits per heavy atom. The summed E-state index contributed by atoms with van der Waals surface area (Å²) < 4.78 is 64.6. The van der Waals surface area contributed by atoms with Crippen molar-refractivity contribution in [2.75, 3.05) is 19.6 Å². The van der Waals surface area contributed by atoms with E-state index >= 15 is 0 Å². The average molecular weight is 563 g/mol. The van der Waals surface area contributed by atoms with E-state index in [4.69, 9.17) is 13.1 Å². The maximum atomic E-state index is 12.4. The molecule has 0 aromatic heterocycles. The topological polar surface area (TPSA) is 113 Å². The van der Waals surface area contributed by atoms with Gasteiger partial charge < -0.3 is 4.74 Å². The number of carbonyl (C=O) groups is 1. The highest BCUT2D eigenvalue weighted by atomic mass is 32.2. The van der Waals surface area contributed by atoms with Gasteiger partial charge in [-0.25, -0.2) is 0 Å². The molecule has 0 N–H and O–H groups in total. The summed E-state index contributed by atoms with van der Waals surface area (Å²) in [6.45, 7) is 6.98. The fourth-order valence-electron chi connectivity index (χ4n) is 9.44. The van der Waals surface area contributed by atoms with E-state index in [1.54, 1.807) is 0 Å². The smallest absolute Gasteiger partial charge is 0.305 e. The number of hydrogen-bond donors (Lipinski definition) is 0. The van der Waals surface area contributed by atoms with Crippen molar-refractivity contribution in [3.8, 4) is 0 Å². The summed E-state index contributed by atoms with van der Waals surface area (Å²) in [5.41, 5.74) is 0.0882. The lowest BCUT2D eigenvalue weighted by Crippen LogP contribution is -2.59. The van der Waals surface area contributed by atoms with Crippen LogP contribution in [0.2, 0.25) is 0 Å². The molecule has 0 bridgehead atoms. The van der Waals surface area contributed by atoms with E-state index in [1.807, 2.05) is 0 Å². The standard InChI is InChI=1S/C27H46O8S2/c1-17(7-10-24(28)33-4)20-8-9-21-25-22(12-14-27(20,21)3)26(2)13-11-19(34-36(5,29)30)15-18(26)16-23(25)35-37(6,31)32/h17-23,25H,7-16H2,1-6H3/t17-,18+,19-,20-,21+,22+,23-,25+,26+,27-/m1/s1. The predicted molar refractivity (Wildman–Crippen MR) is 140 cm³/mol. The van der Waals surface area contributed by atoms with Crippen LogP contribution in [0.15, 0.2) is 0 Å². The van der Waals surface area contributed by atoms with Gasteiger partial charge in [-0.1, -0.05) is 20.8 Å². The molecular weight excluding hydrogens is 516 g/mol. The zero-order chi connectivity index (χ0) is 27.4. The van der Waals surface area contributed by atoms with Crippen LogP contribution >= 0.6 is 0 Å². The maximum Gasteiger partial charge on any atom is 0.305 e. The van der Waals surface area contributed by atoms with Gasteiger partial charge in [-0.05, 0) is 104 Å². The van der Waals surface area contributed by atoms with E-state index in [2.05, 4.69) is 20.8 Å². The molecule has 0 amide bonds. The van der Waals surface area contributed by atoms with Crippen LogP contribution in [0.1, 0.15) is 85.0 Å². The van der Waals surface area contributed by atoms with Gasteiger partial charge in [-0.3, -0.25) is 13.2 Å². The summed E-state index contributed by atoms with van der Waals surface area (Å²) in [6.07, 6.45) is 9.77. The summed E-state index contributed by atoms with van der Waals surface area (Å²) in [5.74, 6) is 1.70. The largest absolute Gasteiger partial charge is 0.469 e. The van der Waals surface area contributed by atoms with E-state index < -0.39 is 26.3 Å². The molecule has 0 saturated heterocycles. The first-order chi connectivity index (χ1) is 17.1. The van der Waals surface area contributed by atoms with Crippen LogP contribution in [0.25, 0.3) is 0 Å². The Labute approximate surface area is 223 Å². The summed E-state index contributed by atoms with van der Waals surface area (Å²) in [6, 6.07) is 0. The molecule has 4 aliphatic carbocycles. The van der Waals surface area contributed by atoms with Crippen molar-refractivity contribution < 1.29 is 34.7 Å². The highest BCUT2D eigenvalue weighted by Crippen LogP contribution is 2.69. The number of esters is 1. The van der Waals surface area contributed by atoms with E-state index in [1.165, 1.54) is 7.11 Å². The van der Waals surface area contributed by atoms with Crippen molar-refractivity contribution in [1.82, 2.24) is 0 Å². The molecule has 4 fully saturated rings. The number of rotatable bonds is 8. The molecule has 0 spiro atoms. The van der Waals surface area contributed by atoms with Gasteiger partial charge in [-0.15, -0.1) is 0 Å². The zero-order valence-corrected chi connectivity index (χ0v) is 24.9. The molecule has 0 heterocycles. The maximum absolute atomic E-state index is 12.4. The van der Waals surface area contributed by atoms with Gasteiger partial charge in [0.1, 0.15) is 0 Å². The molecule has 4 saturated carbocycles. The fourth-order valence-corrected chi connectivity index (χ4v) is 10.8. The van der Waals surface area contributed by atoms with Crippen LogP contribution in [0.4, 0.5) is 0 Å². The minimum absolute atomic E-state index is 0.00924. The van der Waals surface area contributed by atoms with Gasteiger partial charge in [0.15, 0.2) is 0 Å². The van der Waals surface area contributed by atoms with Crippen LogP contribution < -0.4 is 0 Å². The first kappa shape index (κ1) is 29.3. The molecule has 10 atom stereocenters. The van der Waals surface area contributed by atoms with E-state index in [0.717, 1.165) is 51.0 Å². The molecule has 37 heavy (non-hydrogen) atoms. The molecule has 0 aliphatic heterocycles. The Balaban J connectivity index is 1.61. The number of fused-ring (bicyclic) bond motifs is 5. The first-order valence-corrected chi connectivity index (χ1v) is 17.5. The third-order valence-corrected chi connectivity index (χ3v) is 12.2. The third kappa shape index (κ3) is 5.92. The SMILES string of the molecule is COC(=O)CC[C@@H](C)[C@H]1CC[C@H]2[C@@H]3[C@H](OS(C)(=O)=O)C[C@@H]4C[C@H](OS(C)(=O)=O)CC[C@]4(C)[C@H]3CC[C@]12C. The summed E-state index contributed by atoms with van der Waals surface area (Å²) >= 11 is 0. The minimum Gasteiger partial charge on any atom is -0.469 e. The monoisotopic (exact) mass is 562 g/mol. The minimum atomic E-state index is -3.65. The number of methoxy groups -OCH3 is 1. The van der Waals surface area contributed by atoms with Gasteiger partial charge in [0.05, 0.1) is 31.8 Å². The summed E-state index contributed by atoms with van der Waals surface area (Å²) in [5, 5.41) is 0. The van der Waals surface area contributed by atoms with Gasteiger partial charge in [0, 0.05) is 6.42 Å². The Hall–Kier alpha value is -0.710. The second-order valence-corrected chi connectivity index (χ2v) is 16.3.